The number of nitrogens with one attached hydrogen (secondary N) is 1. The molecule has 0 saturated heterocycles. The van der Waals surface area contributed by atoms with E-state index in [1.807, 2.05) is 4.68 Å². The Morgan fingerprint density at radius 2 is 2.31 bits per heavy atom. The second-order valence-corrected chi connectivity index (χ2v) is 4.19. The van der Waals surface area contributed by atoms with Crippen LogP contribution in [0.5, 0.6) is 0 Å². The van der Waals surface area contributed by atoms with E-state index in [2.05, 4.69) is 10.4 Å². The van der Waals surface area contributed by atoms with E-state index in [-0.39, 0.29) is 5.91 Å². The van der Waals surface area contributed by atoms with E-state index in [0.29, 0.717) is 18.3 Å². The summed E-state index contributed by atoms with van der Waals surface area (Å²) in [6, 6.07) is 2.22. The van der Waals surface area contributed by atoms with Crippen molar-refractivity contribution in [1.29, 1.82) is 0 Å². The van der Waals surface area contributed by atoms with Gasteiger partial charge in [-0.3, -0.25) is 9.48 Å². The Kier molecular flexibility index (Phi) is 3.24. The van der Waals surface area contributed by atoms with Gasteiger partial charge >= 0.3 is 0 Å². The summed E-state index contributed by atoms with van der Waals surface area (Å²) < 4.78 is 1.94. The average molecular weight is 222 g/mol. The van der Waals surface area contributed by atoms with E-state index < -0.39 is 0 Å². The SMILES string of the molecule is CNC(=O)c1cc(CN)n(C2CCCC2)n1. The zero-order chi connectivity index (χ0) is 11.5. The third-order valence-electron chi connectivity index (χ3n) is 3.15. The van der Waals surface area contributed by atoms with Crippen molar-refractivity contribution < 1.29 is 4.79 Å². The van der Waals surface area contributed by atoms with Gasteiger partial charge in [0.1, 0.15) is 5.69 Å². The smallest absolute Gasteiger partial charge is 0.271 e. The Bertz CT molecular complexity index is 379. The second kappa shape index (κ2) is 4.65. The van der Waals surface area contributed by atoms with Crippen LogP contribution in [0.25, 0.3) is 0 Å². The molecule has 16 heavy (non-hydrogen) atoms. The molecule has 1 amide bonds. The van der Waals surface area contributed by atoms with Crippen LogP contribution in [-0.2, 0) is 6.54 Å². The number of carbonyl (C=O) groups is 1. The van der Waals surface area contributed by atoms with Crippen LogP contribution in [0.2, 0.25) is 0 Å². The van der Waals surface area contributed by atoms with Gasteiger partial charge < -0.3 is 11.1 Å². The molecule has 1 aliphatic carbocycles. The maximum absolute atomic E-state index is 11.5. The second-order valence-electron chi connectivity index (χ2n) is 4.19. The van der Waals surface area contributed by atoms with Crippen LogP contribution in [0.1, 0.15) is 47.9 Å². The Balaban J connectivity index is 2.28. The largest absolute Gasteiger partial charge is 0.354 e. The summed E-state index contributed by atoms with van der Waals surface area (Å²) in [7, 11) is 1.61. The molecule has 1 aromatic rings. The molecule has 0 aromatic carbocycles. The molecule has 0 aliphatic heterocycles. The first-order valence-corrected chi connectivity index (χ1v) is 5.77. The maximum atomic E-state index is 11.5. The van der Waals surface area contributed by atoms with Crippen molar-refractivity contribution in [2.24, 2.45) is 5.73 Å². The minimum Gasteiger partial charge on any atom is -0.354 e. The van der Waals surface area contributed by atoms with Gasteiger partial charge in [0.2, 0.25) is 0 Å². The first-order chi connectivity index (χ1) is 7.76. The van der Waals surface area contributed by atoms with Crippen LogP contribution >= 0.6 is 0 Å². The fraction of sp³-hybridized carbons (Fsp3) is 0.636. The highest BCUT2D eigenvalue weighted by Crippen LogP contribution is 2.30. The summed E-state index contributed by atoms with van der Waals surface area (Å²) in [6.07, 6.45) is 4.76. The third kappa shape index (κ3) is 1.95. The highest BCUT2D eigenvalue weighted by atomic mass is 16.1. The molecule has 3 N–H and O–H groups in total. The van der Waals surface area contributed by atoms with Crippen LogP contribution in [0.3, 0.4) is 0 Å². The van der Waals surface area contributed by atoms with Crippen molar-refractivity contribution in [2.45, 2.75) is 38.3 Å². The van der Waals surface area contributed by atoms with Gasteiger partial charge in [-0.05, 0) is 18.9 Å². The van der Waals surface area contributed by atoms with E-state index in [0.717, 1.165) is 18.5 Å². The number of rotatable bonds is 3. The Hall–Kier alpha value is -1.36. The standard InChI is InChI=1S/C11H18N4O/c1-13-11(16)10-6-9(7-12)15(14-10)8-4-2-3-5-8/h6,8H,2-5,7,12H2,1H3,(H,13,16). The van der Waals surface area contributed by atoms with E-state index in [9.17, 15) is 4.79 Å². The van der Waals surface area contributed by atoms with Crippen molar-refractivity contribution in [1.82, 2.24) is 15.1 Å². The van der Waals surface area contributed by atoms with Crippen LogP contribution in [0.15, 0.2) is 6.07 Å². The van der Waals surface area contributed by atoms with Crippen molar-refractivity contribution in [3.05, 3.63) is 17.5 Å². The van der Waals surface area contributed by atoms with Gasteiger partial charge in [-0.2, -0.15) is 5.10 Å². The molecular weight excluding hydrogens is 204 g/mol. The molecule has 0 bridgehead atoms. The summed E-state index contributed by atoms with van der Waals surface area (Å²) in [5.41, 5.74) is 7.10. The molecule has 1 heterocycles. The minimum absolute atomic E-state index is 0.147. The lowest BCUT2D eigenvalue weighted by Gasteiger charge is -2.12. The van der Waals surface area contributed by atoms with Crippen molar-refractivity contribution in [3.8, 4) is 0 Å². The average Bonchev–Trinajstić information content (AvgIpc) is 2.95. The molecule has 0 radical (unpaired) electrons. The molecule has 1 aliphatic rings. The summed E-state index contributed by atoms with van der Waals surface area (Å²) in [5, 5.41) is 6.94. The highest BCUT2D eigenvalue weighted by molar-refractivity contribution is 5.92. The molecule has 1 aromatic heterocycles. The molecule has 0 unspecified atom stereocenters. The quantitative estimate of drug-likeness (QED) is 0.795. The Morgan fingerprint density at radius 1 is 1.62 bits per heavy atom. The number of carbonyl (C=O) groups excluding carboxylic acids is 1. The molecule has 1 saturated carbocycles. The first-order valence-electron chi connectivity index (χ1n) is 5.77. The van der Waals surface area contributed by atoms with E-state index in [1.54, 1.807) is 13.1 Å². The van der Waals surface area contributed by atoms with Gasteiger partial charge in [-0.15, -0.1) is 0 Å². The highest BCUT2D eigenvalue weighted by Gasteiger charge is 2.22. The van der Waals surface area contributed by atoms with E-state index in [4.69, 9.17) is 5.73 Å². The monoisotopic (exact) mass is 222 g/mol. The predicted octanol–water partition coefficient (Wildman–Crippen LogP) is 0.816. The van der Waals surface area contributed by atoms with Crippen LogP contribution in [0.4, 0.5) is 0 Å². The lowest BCUT2D eigenvalue weighted by Crippen LogP contribution is -2.19. The van der Waals surface area contributed by atoms with Gasteiger partial charge in [0, 0.05) is 13.6 Å². The lowest BCUT2D eigenvalue weighted by atomic mass is 10.2. The van der Waals surface area contributed by atoms with E-state index in [1.165, 1.54) is 12.8 Å². The minimum atomic E-state index is -0.147. The maximum Gasteiger partial charge on any atom is 0.271 e. The Morgan fingerprint density at radius 3 is 2.88 bits per heavy atom. The topological polar surface area (TPSA) is 72.9 Å². The Labute approximate surface area is 95.0 Å². The molecule has 5 nitrogen and oxygen atoms in total. The molecule has 88 valence electrons. The zero-order valence-corrected chi connectivity index (χ0v) is 9.57. The van der Waals surface area contributed by atoms with Gasteiger partial charge in [0.05, 0.1) is 11.7 Å². The van der Waals surface area contributed by atoms with Gasteiger partial charge in [-0.1, -0.05) is 12.8 Å². The van der Waals surface area contributed by atoms with Gasteiger partial charge in [-0.25, -0.2) is 0 Å². The number of nitrogens with zero attached hydrogens (tertiary/aromatic N) is 2. The van der Waals surface area contributed by atoms with Crippen molar-refractivity contribution in [3.63, 3.8) is 0 Å². The molecule has 0 atom stereocenters. The fourth-order valence-electron chi connectivity index (χ4n) is 2.29. The van der Waals surface area contributed by atoms with Crippen molar-refractivity contribution in [2.75, 3.05) is 7.05 Å². The predicted molar refractivity (Wildman–Crippen MR) is 61.0 cm³/mol. The number of amides is 1. The van der Waals surface area contributed by atoms with E-state index >= 15 is 0 Å². The normalized spacial score (nSPS) is 16.6. The zero-order valence-electron chi connectivity index (χ0n) is 9.57. The summed E-state index contributed by atoms with van der Waals surface area (Å²) in [6.45, 7) is 0.431. The number of nitrogens with two attached hydrogens (primary N) is 1. The third-order valence-corrected chi connectivity index (χ3v) is 3.15. The lowest BCUT2D eigenvalue weighted by molar-refractivity contribution is 0.0957. The van der Waals surface area contributed by atoms with Crippen molar-refractivity contribution >= 4 is 5.91 Å². The number of hydrogen-bond donors (Lipinski definition) is 2. The molecule has 5 heteroatoms. The fourth-order valence-corrected chi connectivity index (χ4v) is 2.29. The van der Waals surface area contributed by atoms with Gasteiger partial charge in [0.15, 0.2) is 0 Å². The summed E-state index contributed by atoms with van der Waals surface area (Å²) in [4.78, 5) is 11.5. The van der Waals surface area contributed by atoms with Gasteiger partial charge in [0.25, 0.3) is 5.91 Å². The number of aromatic nitrogens is 2. The molecule has 1 fully saturated rings. The number of hydrogen-bond acceptors (Lipinski definition) is 3. The first kappa shape index (κ1) is 11.1. The summed E-state index contributed by atoms with van der Waals surface area (Å²) in [5.74, 6) is -0.147. The molecular formula is C11H18N4O. The van der Waals surface area contributed by atoms with Crippen LogP contribution in [0, 0.1) is 0 Å². The molecule has 0 spiro atoms. The summed E-state index contributed by atoms with van der Waals surface area (Å²) >= 11 is 0. The van der Waals surface area contributed by atoms with Crippen LogP contribution in [-0.4, -0.2) is 22.7 Å². The van der Waals surface area contributed by atoms with Crippen LogP contribution < -0.4 is 11.1 Å². The molecule has 2 rings (SSSR count).